The molecule has 0 aromatic heterocycles. The molecule has 2 heteroatoms. The lowest BCUT2D eigenvalue weighted by atomic mass is 9.79. The van der Waals surface area contributed by atoms with Crippen molar-refractivity contribution >= 4 is 5.78 Å². The first kappa shape index (κ1) is 7.29. The fourth-order valence-corrected chi connectivity index (χ4v) is 2.31. The average molecular weight is 153 g/mol. The molecule has 11 heavy (non-hydrogen) atoms. The quantitative estimate of drug-likeness (QED) is 0.561. The van der Waals surface area contributed by atoms with Crippen LogP contribution in [0.15, 0.2) is 0 Å². The second-order valence-corrected chi connectivity index (χ2v) is 3.86. The van der Waals surface area contributed by atoms with Crippen LogP contribution in [-0.2, 0) is 4.79 Å². The van der Waals surface area contributed by atoms with E-state index in [4.69, 9.17) is 0 Å². The highest BCUT2D eigenvalue weighted by Gasteiger charge is 2.38. The van der Waals surface area contributed by atoms with Gasteiger partial charge in [-0.05, 0) is 31.7 Å². The van der Waals surface area contributed by atoms with Crippen LogP contribution in [0.4, 0.5) is 0 Å². The Morgan fingerprint density at radius 2 is 2.18 bits per heavy atom. The minimum atomic E-state index is 0.221. The molecule has 1 heterocycles. The van der Waals surface area contributed by atoms with Crippen molar-refractivity contribution in [2.75, 3.05) is 6.54 Å². The van der Waals surface area contributed by atoms with Gasteiger partial charge in [0, 0.05) is 5.92 Å². The first-order valence-corrected chi connectivity index (χ1v) is 4.56. The number of Topliss-reactive ketones (excluding diaryl/α,β-unsaturated/α-hetero) is 1. The molecule has 1 saturated carbocycles. The summed E-state index contributed by atoms with van der Waals surface area (Å²) in [6, 6.07) is 0.221. The van der Waals surface area contributed by atoms with Crippen molar-refractivity contribution in [2.45, 2.75) is 32.2 Å². The Hall–Kier alpha value is -0.370. The van der Waals surface area contributed by atoms with Crippen LogP contribution in [0, 0.1) is 11.8 Å². The standard InChI is InChI=1S/C9H15NO/c1-6-2-3-7-4-5-10-8(7)9(6)11/h6-8,10H,2-5H2,1H3. The molecule has 0 spiro atoms. The number of hydrogen-bond acceptors (Lipinski definition) is 2. The molecule has 0 aromatic carbocycles. The molecule has 2 nitrogen and oxygen atoms in total. The Bertz CT molecular complexity index is 178. The lowest BCUT2D eigenvalue weighted by Gasteiger charge is -2.27. The van der Waals surface area contributed by atoms with Crippen molar-refractivity contribution in [3.63, 3.8) is 0 Å². The van der Waals surface area contributed by atoms with Gasteiger partial charge in [-0.2, -0.15) is 0 Å². The minimum Gasteiger partial charge on any atom is -0.307 e. The van der Waals surface area contributed by atoms with Gasteiger partial charge in [-0.15, -0.1) is 0 Å². The monoisotopic (exact) mass is 153 g/mol. The molecule has 0 bridgehead atoms. The minimum absolute atomic E-state index is 0.221. The third kappa shape index (κ3) is 1.09. The number of nitrogens with one attached hydrogen (secondary N) is 1. The Balaban J connectivity index is 2.12. The number of hydrogen-bond donors (Lipinski definition) is 1. The molecule has 62 valence electrons. The van der Waals surface area contributed by atoms with Crippen LogP contribution in [-0.4, -0.2) is 18.4 Å². The Morgan fingerprint density at radius 1 is 1.36 bits per heavy atom. The van der Waals surface area contributed by atoms with Gasteiger partial charge >= 0.3 is 0 Å². The second-order valence-electron chi connectivity index (χ2n) is 3.86. The van der Waals surface area contributed by atoms with Crippen molar-refractivity contribution < 1.29 is 4.79 Å². The fraction of sp³-hybridized carbons (Fsp3) is 0.889. The summed E-state index contributed by atoms with van der Waals surface area (Å²) in [5.41, 5.74) is 0. The highest BCUT2D eigenvalue weighted by molar-refractivity contribution is 5.87. The van der Waals surface area contributed by atoms with E-state index in [2.05, 4.69) is 12.2 Å². The van der Waals surface area contributed by atoms with E-state index in [1.165, 1.54) is 12.8 Å². The van der Waals surface area contributed by atoms with E-state index in [0.717, 1.165) is 13.0 Å². The zero-order valence-electron chi connectivity index (χ0n) is 6.97. The molecule has 1 aliphatic heterocycles. The maximum Gasteiger partial charge on any atom is 0.152 e. The van der Waals surface area contributed by atoms with Gasteiger partial charge in [-0.1, -0.05) is 6.92 Å². The maximum absolute atomic E-state index is 11.5. The molecule has 0 amide bonds. The van der Waals surface area contributed by atoms with Gasteiger partial charge in [0.15, 0.2) is 5.78 Å². The summed E-state index contributed by atoms with van der Waals surface area (Å²) in [6.45, 7) is 3.10. The van der Waals surface area contributed by atoms with E-state index in [1.54, 1.807) is 0 Å². The summed E-state index contributed by atoms with van der Waals surface area (Å²) in [4.78, 5) is 11.5. The highest BCUT2D eigenvalue weighted by Crippen LogP contribution is 2.31. The normalized spacial score (nSPS) is 44.1. The van der Waals surface area contributed by atoms with Crippen molar-refractivity contribution in [3.05, 3.63) is 0 Å². The summed E-state index contributed by atoms with van der Waals surface area (Å²) in [7, 11) is 0. The van der Waals surface area contributed by atoms with E-state index >= 15 is 0 Å². The summed E-state index contributed by atoms with van der Waals surface area (Å²) in [6.07, 6.45) is 3.58. The number of carbonyl (C=O) groups is 1. The van der Waals surface area contributed by atoms with Crippen LogP contribution >= 0.6 is 0 Å². The van der Waals surface area contributed by atoms with Crippen molar-refractivity contribution in [2.24, 2.45) is 11.8 Å². The van der Waals surface area contributed by atoms with Gasteiger partial charge in [0.25, 0.3) is 0 Å². The molecule has 3 atom stereocenters. The van der Waals surface area contributed by atoms with Gasteiger partial charge < -0.3 is 5.32 Å². The Kier molecular flexibility index (Phi) is 1.72. The molecule has 1 saturated heterocycles. The van der Waals surface area contributed by atoms with Crippen LogP contribution < -0.4 is 5.32 Å². The summed E-state index contributed by atoms with van der Waals surface area (Å²) in [5, 5.41) is 3.29. The Labute approximate surface area is 67.4 Å². The second kappa shape index (κ2) is 2.59. The molecule has 3 unspecified atom stereocenters. The van der Waals surface area contributed by atoms with Gasteiger partial charge in [0.2, 0.25) is 0 Å². The van der Waals surface area contributed by atoms with Gasteiger partial charge in [-0.3, -0.25) is 4.79 Å². The molecule has 2 fully saturated rings. The third-order valence-corrected chi connectivity index (χ3v) is 3.11. The Morgan fingerprint density at radius 3 is 3.00 bits per heavy atom. The van der Waals surface area contributed by atoms with Crippen LogP contribution in [0.3, 0.4) is 0 Å². The fourth-order valence-electron chi connectivity index (χ4n) is 2.31. The molecule has 1 aliphatic carbocycles. The maximum atomic E-state index is 11.5. The highest BCUT2D eigenvalue weighted by atomic mass is 16.1. The van der Waals surface area contributed by atoms with Gasteiger partial charge in [-0.25, -0.2) is 0 Å². The van der Waals surface area contributed by atoms with E-state index in [9.17, 15) is 4.79 Å². The van der Waals surface area contributed by atoms with E-state index in [1.807, 2.05) is 0 Å². The zero-order chi connectivity index (χ0) is 7.84. The summed E-state index contributed by atoms with van der Waals surface area (Å²) in [5.74, 6) is 1.43. The van der Waals surface area contributed by atoms with Gasteiger partial charge in [0.1, 0.15) is 0 Å². The molecule has 2 rings (SSSR count). The van der Waals surface area contributed by atoms with Crippen molar-refractivity contribution in [1.29, 1.82) is 0 Å². The van der Waals surface area contributed by atoms with Crippen molar-refractivity contribution in [1.82, 2.24) is 5.32 Å². The van der Waals surface area contributed by atoms with Crippen molar-refractivity contribution in [3.8, 4) is 0 Å². The topological polar surface area (TPSA) is 29.1 Å². The average Bonchev–Trinajstić information content (AvgIpc) is 2.45. The summed E-state index contributed by atoms with van der Waals surface area (Å²) >= 11 is 0. The zero-order valence-corrected chi connectivity index (χ0v) is 6.97. The molecule has 1 N–H and O–H groups in total. The van der Waals surface area contributed by atoms with Gasteiger partial charge in [0.05, 0.1) is 6.04 Å². The van der Waals surface area contributed by atoms with Crippen LogP contribution in [0.25, 0.3) is 0 Å². The molecule has 0 radical (unpaired) electrons. The predicted molar refractivity (Wildman–Crippen MR) is 43.3 cm³/mol. The first-order valence-electron chi connectivity index (χ1n) is 4.56. The molecular weight excluding hydrogens is 138 g/mol. The van der Waals surface area contributed by atoms with Crippen LogP contribution in [0.2, 0.25) is 0 Å². The largest absolute Gasteiger partial charge is 0.307 e. The molecule has 0 aromatic rings. The predicted octanol–water partition coefficient (Wildman–Crippen LogP) is 0.963. The van der Waals surface area contributed by atoms with E-state index in [0.29, 0.717) is 17.6 Å². The number of fused-ring (bicyclic) bond motifs is 1. The number of ketones is 1. The van der Waals surface area contributed by atoms with Crippen LogP contribution in [0.1, 0.15) is 26.2 Å². The summed E-state index contributed by atoms with van der Waals surface area (Å²) < 4.78 is 0. The molecular formula is C9H15NO. The lowest BCUT2D eigenvalue weighted by Crippen LogP contribution is -2.42. The first-order chi connectivity index (χ1) is 5.29. The number of carbonyl (C=O) groups excluding carboxylic acids is 1. The van der Waals surface area contributed by atoms with E-state index < -0.39 is 0 Å². The molecule has 2 aliphatic rings. The third-order valence-electron chi connectivity index (χ3n) is 3.11. The SMILES string of the molecule is CC1CCC2CCNC2C1=O. The van der Waals surface area contributed by atoms with Crippen LogP contribution in [0.5, 0.6) is 0 Å². The van der Waals surface area contributed by atoms with E-state index in [-0.39, 0.29) is 6.04 Å². The lowest BCUT2D eigenvalue weighted by molar-refractivity contribution is -0.127. The smallest absolute Gasteiger partial charge is 0.152 e. The number of rotatable bonds is 0.